The van der Waals surface area contributed by atoms with Crippen molar-refractivity contribution in [3.05, 3.63) is 0 Å². The molecule has 0 aliphatic rings. The Morgan fingerprint density at radius 1 is 0.378 bits per heavy atom. The van der Waals surface area contributed by atoms with Crippen LogP contribution in [0.25, 0.3) is 0 Å². The highest BCUT2D eigenvalue weighted by atomic mass is 28.4. The van der Waals surface area contributed by atoms with Crippen LogP contribution in [0, 0.1) is 0 Å². The standard InChI is InChI=1S/C42H90NOSi/c1-8-10-12-14-16-18-20-22-24-26-28-30-32-34-36-38-40-43(4,42(3)44-45(5,6)7)41-39-37-35-33-31-29-27-25-23-21-19-17-15-13-11-9-2/h42H,8-41H2,1-7H3/q+1. The number of rotatable bonds is 37. The van der Waals surface area contributed by atoms with Crippen LogP contribution in [0.4, 0.5) is 0 Å². The maximum Gasteiger partial charge on any atom is 0.191 e. The Morgan fingerprint density at radius 2 is 0.578 bits per heavy atom. The van der Waals surface area contributed by atoms with Crippen molar-refractivity contribution in [2.75, 3.05) is 20.1 Å². The molecule has 2 nitrogen and oxygen atoms in total. The van der Waals surface area contributed by atoms with Gasteiger partial charge in [0.25, 0.3) is 0 Å². The molecule has 0 bridgehead atoms. The minimum atomic E-state index is -1.53. The second-order valence-corrected chi connectivity index (χ2v) is 20.8. The topological polar surface area (TPSA) is 9.23 Å². The molecule has 0 aromatic rings. The largest absolute Gasteiger partial charge is 0.371 e. The van der Waals surface area contributed by atoms with E-state index in [1.54, 1.807) is 0 Å². The van der Waals surface area contributed by atoms with E-state index in [-0.39, 0.29) is 0 Å². The van der Waals surface area contributed by atoms with Gasteiger partial charge in [0.05, 0.1) is 20.1 Å². The number of quaternary nitrogens is 1. The summed E-state index contributed by atoms with van der Waals surface area (Å²) in [5, 5.41) is 0. The zero-order valence-electron chi connectivity index (χ0n) is 33.0. The lowest BCUT2D eigenvalue weighted by molar-refractivity contribution is -0.950. The highest BCUT2D eigenvalue weighted by Gasteiger charge is 2.32. The monoisotopic (exact) mass is 653 g/mol. The third-order valence-corrected chi connectivity index (χ3v) is 11.5. The predicted molar refractivity (Wildman–Crippen MR) is 209 cm³/mol. The summed E-state index contributed by atoms with van der Waals surface area (Å²) in [6.07, 6.45) is 46.6. The van der Waals surface area contributed by atoms with Crippen LogP contribution in [0.15, 0.2) is 0 Å². The summed E-state index contributed by atoms with van der Waals surface area (Å²) < 4.78 is 7.80. The van der Waals surface area contributed by atoms with Crippen molar-refractivity contribution in [2.24, 2.45) is 0 Å². The average Bonchev–Trinajstić information content (AvgIpc) is 2.99. The van der Waals surface area contributed by atoms with E-state index in [4.69, 9.17) is 4.43 Å². The molecule has 0 aliphatic carbocycles. The molecule has 0 aliphatic heterocycles. The Labute approximate surface area is 288 Å². The highest BCUT2D eigenvalue weighted by Crippen LogP contribution is 2.22. The van der Waals surface area contributed by atoms with E-state index in [2.05, 4.69) is 47.5 Å². The molecule has 272 valence electrons. The summed E-state index contributed by atoms with van der Waals surface area (Å²) in [6.45, 7) is 16.7. The summed E-state index contributed by atoms with van der Waals surface area (Å²) in [5.41, 5.74) is 0. The van der Waals surface area contributed by atoms with Crippen molar-refractivity contribution in [1.29, 1.82) is 0 Å². The molecule has 0 radical (unpaired) electrons. The van der Waals surface area contributed by atoms with Crippen LogP contribution in [-0.4, -0.2) is 39.2 Å². The second-order valence-electron chi connectivity index (χ2n) is 16.4. The Balaban J connectivity index is 3.91. The van der Waals surface area contributed by atoms with Crippen LogP contribution in [0.2, 0.25) is 19.6 Å². The molecule has 3 heteroatoms. The molecular formula is C42H90NOSi+. The Morgan fingerprint density at radius 3 is 0.778 bits per heavy atom. The molecule has 0 rings (SSSR count). The Bertz CT molecular complexity index is 538. The molecule has 0 aromatic heterocycles. The lowest BCUT2D eigenvalue weighted by Crippen LogP contribution is -2.55. The normalized spacial score (nSPS) is 13.1. The van der Waals surface area contributed by atoms with Gasteiger partial charge in [-0.2, -0.15) is 0 Å². The molecule has 0 spiro atoms. The van der Waals surface area contributed by atoms with Gasteiger partial charge in [-0.3, -0.25) is 0 Å². The molecular weight excluding hydrogens is 563 g/mol. The zero-order chi connectivity index (χ0) is 33.3. The van der Waals surface area contributed by atoms with Gasteiger partial charge in [-0.1, -0.05) is 194 Å². The maximum atomic E-state index is 6.67. The minimum Gasteiger partial charge on any atom is -0.371 e. The fourth-order valence-corrected chi connectivity index (χ4v) is 8.43. The summed E-state index contributed by atoms with van der Waals surface area (Å²) in [7, 11) is 0.973. The van der Waals surface area contributed by atoms with Gasteiger partial charge in [0, 0.05) is 6.92 Å². The minimum absolute atomic E-state index is 0.337. The van der Waals surface area contributed by atoms with E-state index in [0.29, 0.717) is 6.23 Å². The lowest BCUT2D eigenvalue weighted by Gasteiger charge is -2.42. The molecule has 0 N–H and O–H groups in total. The van der Waals surface area contributed by atoms with Gasteiger partial charge in [0.2, 0.25) is 0 Å². The molecule has 0 heterocycles. The first kappa shape index (κ1) is 45.1. The molecule has 45 heavy (non-hydrogen) atoms. The zero-order valence-corrected chi connectivity index (χ0v) is 34.0. The van der Waals surface area contributed by atoms with Crippen LogP contribution in [0.1, 0.15) is 226 Å². The van der Waals surface area contributed by atoms with Crippen LogP contribution < -0.4 is 0 Å². The second kappa shape index (κ2) is 32.7. The van der Waals surface area contributed by atoms with Crippen LogP contribution in [-0.2, 0) is 4.43 Å². The smallest absolute Gasteiger partial charge is 0.191 e. The van der Waals surface area contributed by atoms with Crippen molar-refractivity contribution in [3.8, 4) is 0 Å². The van der Waals surface area contributed by atoms with Gasteiger partial charge >= 0.3 is 0 Å². The number of hydrogen-bond acceptors (Lipinski definition) is 1. The maximum absolute atomic E-state index is 6.67. The molecule has 0 amide bonds. The number of nitrogens with zero attached hydrogens (tertiary/aromatic N) is 1. The van der Waals surface area contributed by atoms with Crippen LogP contribution in [0.3, 0.4) is 0 Å². The molecule has 0 fully saturated rings. The molecule has 0 saturated carbocycles. The van der Waals surface area contributed by atoms with Crippen molar-refractivity contribution in [2.45, 2.75) is 252 Å². The first-order valence-corrected chi connectivity index (χ1v) is 24.7. The Kier molecular flexibility index (Phi) is 32.8. The third kappa shape index (κ3) is 32.5. The predicted octanol–water partition coefficient (Wildman–Crippen LogP) is 15.2. The Hall–Kier alpha value is 0.137. The van der Waals surface area contributed by atoms with Crippen molar-refractivity contribution < 1.29 is 8.91 Å². The first-order valence-electron chi connectivity index (χ1n) is 21.3. The SMILES string of the molecule is CCCCCCCCCCCCCCCCCC[N+](C)(CCCCCCCCCCCCCCCCCC)C(C)O[Si](C)(C)C. The van der Waals surface area contributed by atoms with Crippen molar-refractivity contribution in [3.63, 3.8) is 0 Å². The fourth-order valence-electron chi connectivity index (χ4n) is 7.16. The van der Waals surface area contributed by atoms with Crippen molar-refractivity contribution >= 4 is 8.32 Å². The van der Waals surface area contributed by atoms with Gasteiger partial charge in [0.1, 0.15) is 0 Å². The van der Waals surface area contributed by atoms with E-state index >= 15 is 0 Å². The van der Waals surface area contributed by atoms with Crippen LogP contribution >= 0.6 is 0 Å². The van der Waals surface area contributed by atoms with Gasteiger partial charge in [-0.25, -0.2) is 0 Å². The van der Waals surface area contributed by atoms with E-state index in [9.17, 15) is 0 Å². The summed E-state index contributed by atoms with van der Waals surface area (Å²) in [6, 6.07) is 0. The lowest BCUT2D eigenvalue weighted by atomic mass is 10.0. The average molecular weight is 653 g/mol. The highest BCUT2D eigenvalue weighted by molar-refractivity contribution is 6.69. The van der Waals surface area contributed by atoms with Crippen molar-refractivity contribution in [1.82, 2.24) is 0 Å². The van der Waals surface area contributed by atoms with Gasteiger partial charge in [-0.15, -0.1) is 0 Å². The van der Waals surface area contributed by atoms with E-state index in [1.807, 2.05) is 0 Å². The molecule has 1 atom stereocenters. The van der Waals surface area contributed by atoms with E-state index in [0.717, 1.165) is 4.48 Å². The van der Waals surface area contributed by atoms with Gasteiger partial charge in [0.15, 0.2) is 14.5 Å². The number of unbranched alkanes of at least 4 members (excludes halogenated alkanes) is 30. The molecule has 1 unspecified atom stereocenters. The van der Waals surface area contributed by atoms with Crippen LogP contribution in [0.5, 0.6) is 0 Å². The summed E-state index contributed by atoms with van der Waals surface area (Å²) in [5.74, 6) is 0. The molecule has 0 aromatic carbocycles. The third-order valence-electron chi connectivity index (χ3n) is 10.4. The van der Waals surface area contributed by atoms with Gasteiger partial charge < -0.3 is 8.91 Å². The fraction of sp³-hybridized carbons (Fsp3) is 1.00. The first-order chi connectivity index (χ1) is 21.7. The number of hydrogen-bond donors (Lipinski definition) is 0. The quantitative estimate of drug-likeness (QED) is 0.0281. The molecule has 0 saturated heterocycles. The van der Waals surface area contributed by atoms with E-state index < -0.39 is 8.32 Å². The van der Waals surface area contributed by atoms with E-state index in [1.165, 1.54) is 219 Å². The summed E-state index contributed by atoms with van der Waals surface area (Å²) in [4.78, 5) is 0. The van der Waals surface area contributed by atoms with Gasteiger partial charge in [-0.05, 0) is 45.3 Å². The summed E-state index contributed by atoms with van der Waals surface area (Å²) >= 11 is 0.